The van der Waals surface area contributed by atoms with E-state index in [0.29, 0.717) is 0 Å². The molecule has 1 aliphatic heterocycles. The first kappa shape index (κ1) is 14.9. The largest absolute Gasteiger partial charge is 0.386 e. The predicted octanol–water partition coefficient (Wildman–Crippen LogP) is 0.150. The van der Waals surface area contributed by atoms with Gasteiger partial charge in [-0.05, 0) is 32.7 Å². The Kier molecular flexibility index (Phi) is 4.11. The van der Waals surface area contributed by atoms with Crippen molar-refractivity contribution in [2.24, 2.45) is 23.0 Å². The molecule has 2 rings (SSSR count). The molecule has 0 bridgehead atoms. The van der Waals surface area contributed by atoms with Crippen LogP contribution in [-0.4, -0.2) is 36.0 Å². The molecule has 1 heterocycles. The second-order valence-electron chi connectivity index (χ2n) is 5.82. The standard InChI is InChI=1S/C15H22N2O3/c1-9(18)13(19)15(2)11(10-6-7-17-8-10)4-3-5-12(15)14(16)20/h3-5,9-10,12,17-18H,6-8H2,1-2H3,(H2,16,20). The average molecular weight is 278 g/mol. The molecule has 0 spiro atoms. The predicted molar refractivity (Wildman–Crippen MR) is 75.7 cm³/mol. The highest BCUT2D eigenvalue weighted by atomic mass is 16.3. The molecule has 0 saturated carbocycles. The number of rotatable bonds is 4. The van der Waals surface area contributed by atoms with Crippen LogP contribution >= 0.6 is 0 Å². The summed E-state index contributed by atoms with van der Waals surface area (Å²) < 4.78 is 0. The van der Waals surface area contributed by atoms with Crippen molar-refractivity contribution >= 4 is 11.7 Å². The van der Waals surface area contributed by atoms with Gasteiger partial charge in [-0.25, -0.2) is 0 Å². The van der Waals surface area contributed by atoms with E-state index >= 15 is 0 Å². The average Bonchev–Trinajstić information content (AvgIpc) is 2.91. The molecule has 0 aromatic carbocycles. The third kappa shape index (κ3) is 2.31. The van der Waals surface area contributed by atoms with Gasteiger partial charge in [0, 0.05) is 6.54 Å². The molecule has 110 valence electrons. The van der Waals surface area contributed by atoms with Crippen molar-refractivity contribution in [2.75, 3.05) is 13.1 Å². The number of carbonyl (C=O) groups excluding carboxylic acids is 2. The number of aliphatic hydroxyl groups is 1. The Morgan fingerprint density at radius 1 is 1.55 bits per heavy atom. The van der Waals surface area contributed by atoms with E-state index in [0.717, 1.165) is 25.1 Å². The number of nitrogens with two attached hydrogens (primary N) is 1. The minimum Gasteiger partial charge on any atom is -0.386 e. The van der Waals surface area contributed by atoms with E-state index in [1.807, 2.05) is 6.08 Å². The summed E-state index contributed by atoms with van der Waals surface area (Å²) in [5, 5.41) is 13.0. The molecule has 1 saturated heterocycles. The summed E-state index contributed by atoms with van der Waals surface area (Å²) in [6.07, 6.45) is 5.16. The van der Waals surface area contributed by atoms with Gasteiger partial charge in [-0.15, -0.1) is 0 Å². The van der Waals surface area contributed by atoms with Crippen LogP contribution < -0.4 is 11.1 Å². The van der Waals surface area contributed by atoms with Crippen LogP contribution in [0.5, 0.6) is 0 Å². The molecule has 0 aromatic heterocycles. The fourth-order valence-electron chi connectivity index (χ4n) is 3.40. The maximum Gasteiger partial charge on any atom is 0.225 e. The van der Waals surface area contributed by atoms with Gasteiger partial charge >= 0.3 is 0 Å². The lowest BCUT2D eigenvalue weighted by Gasteiger charge is -2.40. The smallest absolute Gasteiger partial charge is 0.225 e. The Labute approximate surface area is 118 Å². The van der Waals surface area contributed by atoms with E-state index < -0.39 is 23.3 Å². The second-order valence-corrected chi connectivity index (χ2v) is 5.82. The van der Waals surface area contributed by atoms with Crippen molar-refractivity contribution in [1.82, 2.24) is 5.32 Å². The summed E-state index contributed by atoms with van der Waals surface area (Å²) in [6.45, 7) is 4.85. The summed E-state index contributed by atoms with van der Waals surface area (Å²) in [4.78, 5) is 24.3. The molecule has 0 aromatic rings. The number of primary amides is 1. The van der Waals surface area contributed by atoms with Gasteiger partial charge in [-0.1, -0.05) is 23.8 Å². The SMILES string of the molecule is CC(O)C(=O)C1(C)C(C2CCNC2)=CC=CC1C(N)=O. The van der Waals surface area contributed by atoms with Crippen LogP contribution in [0.3, 0.4) is 0 Å². The van der Waals surface area contributed by atoms with Crippen molar-refractivity contribution in [3.05, 3.63) is 23.8 Å². The molecule has 1 fully saturated rings. The molecule has 20 heavy (non-hydrogen) atoms. The summed E-state index contributed by atoms with van der Waals surface area (Å²) in [5.74, 6) is -1.38. The molecule has 2 aliphatic rings. The zero-order valence-electron chi connectivity index (χ0n) is 11.9. The normalized spacial score (nSPS) is 34.6. The maximum atomic E-state index is 12.5. The number of nitrogens with one attached hydrogen (secondary N) is 1. The van der Waals surface area contributed by atoms with Crippen LogP contribution in [-0.2, 0) is 9.59 Å². The molecule has 4 unspecified atom stereocenters. The fraction of sp³-hybridized carbons (Fsp3) is 0.600. The van der Waals surface area contributed by atoms with E-state index in [2.05, 4.69) is 5.32 Å². The number of ketones is 1. The summed E-state index contributed by atoms with van der Waals surface area (Å²) >= 11 is 0. The van der Waals surface area contributed by atoms with E-state index in [1.54, 1.807) is 19.1 Å². The molecule has 4 atom stereocenters. The lowest BCUT2D eigenvalue weighted by atomic mass is 9.61. The van der Waals surface area contributed by atoms with Crippen molar-refractivity contribution in [1.29, 1.82) is 0 Å². The summed E-state index contributed by atoms with van der Waals surface area (Å²) in [6, 6.07) is 0. The van der Waals surface area contributed by atoms with Gasteiger partial charge in [0.25, 0.3) is 0 Å². The number of Topliss-reactive ketones (excluding diaryl/α,β-unsaturated/α-hetero) is 1. The molecule has 5 nitrogen and oxygen atoms in total. The quantitative estimate of drug-likeness (QED) is 0.682. The van der Waals surface area contributed by atoms with E-state index in [9.17, 15) is 14.7 Å². The fourth-order valence-corrected chi connectivity index (χ4v) is 3.40. The zero-order valence-corrected chi connectivity index (χ0v) is 11.9. The number of hydrogen-bond acceptors (Lipinski definition) is 4. The first-order valence-electron chi connectivity index (χ1n) is 7.00. The Morgan fingerprint density at radius 2 is 2.25 bits per heavy atom. The van der Waals surface area contributed by atoms with Gasteiger partial charge in [-0.3, -0.25) is 9.59 Å². The monoisotopic (exact) mass is 278 g/mol. The van der Waals surface area contributed by atoms with Gasteiger partial charge in [0.1, 0.15) is 6.10 Å². The van der Waals surface area contributed by atoms with Crippen molar-refractivity contribution in [3.63, 3.8) is 0 Å². The highest BCUT2D eigenvalue weighted by Crippen LogP contribution is 2.45. The van der Waals surface area contributed by atoms with E-state index in [-0.39, 0.29) is 11.7 Å². The zero-order chi connectivity index (χ0) is 14.9. The molecular weight excluding hydrogens is 256 g/mol. The van der Waals surface area contributed by atoms with Crippen molar-refractivity contribution in [3.8, 4) is 0 Å². The molecule has 5 heteroatoms. The molecule has 1 amide bonds. The van der Waals surface area contributed by atoms with Crippen LogP contribution in [0.4, 0.5) is 0 Å². The number of amides is 1. The number of allylic oxidation sites excluding steroid dienone is 2. The van der Waals surface area contributed by atoms with E-state index in [1.165, 1.54) is 6.92 Å². The summed E-state index contributed by atoms with van der Waals surface area (Å²) in [5.41, 5.74) is 5.33. The van der Waals surface area contributed by atoms with Gasteiger partial charge in [-0.2, -0.15) is 0 Å². The minimum atomic E-state index is -1.12. The Hall–Kier alpha value is -1.46. The highest BCUT2D eigenvalue weighted by molar-refractivity contribution is 5.97. The first-order chi connectivity index (χ1) is 9.39. The molecule has 0 radical (unpaired) electrons. The van der Waals surface area contributed by atoms with Crippen LogP contribution in [0, 0.1) is 17.3 Å². The van der Waals surface area contributed by atoms with Gasteiger partial charge in [0.15, 0.2) is 5.78 Å². The first-order valence-corrected chi connectivity index (χ1v) is 7.00. The third-order valence-corrected chi connectivity index (χ3v) is 4.50. The molecule has 1 aliphatic carbocycles. The van der Waals surface area contributed by atoms with Crippen molar-refractivity contribution in [2.45, 2.75) is 26.4 Å². The minimum absolute atomic E-state index is 0.203. The van der Waals surface area contributed by atoms with Gasteiger partial charge in [0.05, 0.1) is 11.3 Å². The van der Waals surface area contributed by atoms with Crippen LogP contribution in [0.1, 0.15) is 20.3 Å². The number of hydrogen-bond donors (Lipinski definition) is 3. The number of carbonyl (C=O) groups is 2. The third-order valence-electron chi connectivity index (χ3n) is 4.50. The Morgan fingerprint density at radius 3 is 2.75 bits per heavy atom. The van der Waals surface area contributed by atoms with Crippen LogP contribution in [0.15, 0.2) is 23.8 Å². The van der Waals surface area contributed by atoms with Gasteiger partial charge < -0.3 is 16.2 Å². The molecular formula is C15H22N2O3. The van der Waals surface area contributed by atoms with Crippen LogP contribution in [0.25, 0.3) is 0 Å². The lowest BCUT2D eigenvalue weighted by molar-refractivity contribution is -0.140. The van der Waals surface area contributed by atoms with Crippen molar-refractivity contribution < 1.29 is 14.7 Å². The summed E-state index contributed by atoms with van der Waals surface area (Å²) in [7, 11) is 0. The second kappa shape index (κ2) is 5.50. The topological polar surface area (TPSA) is 92.4 Å². The van der Waals surface area contributed by atoms with Gasteiger partial charge in [0.2, 0.25) is 5.91 Å². The van der Waals surface area contributed by atoms with E-state index in [4.69, 9.17) is 5.73 Å². The Bertz CT molecular complexity index is 476. The lowest BCUT2D eigenvalue weighted by Crippen LogP contribution is -2.49. The maximum absolute atomic E-state index is 12.5. The van der Waals surface area contributed by atoms with Crippen LogP contribution in [0.2, 0.25) is 0 Å². The number of aliphatic hydroxyl groups excluding tert-OH is 1. The molecule has 4 N–H and O–H groups in total. The Balaban J connectivity index is 2.46. The highest BCUT2D eigenvalue weighted by Gasteiger charge is 2.50.